The average molecular weight is 214 g/mol. The van der Waals surface area contributed by atoms with E-state index in [-0.39, 0.29) is 5.78 Å². The molecule has 1 aromatic carbocycles. The lowest BCUT2D eigenvalue weighted by molar-refractivity contribution is 0.0982. The number of Topliss-reactive ketones (excluding diaryl/α,β-unsaturated/α-hetero) is 1. The minimum atomic E-state index is -0.0492. The number of carbonyl (C=O) groups excluding carboxylic acids is 1. The van der Waals surface area contributed by atoms with Crippen molar-refractivity contribution in [2.45, 2.75) is 6.42 Å². The van der Waals surface area contributed by atoms with E-state index in [1.807, 2.05) is 0 Å². The highest BCUT2D eigenvalue weighted by Gasteiger charge is 2.11. The molecule has 0 aliphatic carbocycles. The quantitative estimate of drug-likeness (QED) is 0.777. The number of carbonyl (C=O) groups is 1. The normalized spacial score (nSPS) is 9.93. The third kappa shape index (κ3) is 2.47. The van der Waals surface area contributed by atoms with E-state index in [1.165, 1.54) is 7.11 Å². The molecule has 0 radical (unpaired) electrons. The predicted molar refractivity (Wildman–Crippen MR) is 56.0 cm³/mol. The maximum absolute atomic E-state index is 11.6. The van der Waals surface area contributed by atoms with Crippen LogP contribution in [0.3, 0.4) is 0 Å². The molecule has 3 nitrogen and oxygen atoms in total. The van der Waals surface area contributed by atoms with E-state index in [1.54, 1.807) is 18.2 Å². The Bertz CT molecular complexity index is 339. The Morgan fingerprint density at radius 2 is 2.29 bits per heavy atom. The molecule has 0 amide bonds. The number of hydrogen-bond donors (Lipinski definition) is 1. The summed E-state index contributed by atoms with van der Waals surface area (Å²) in [6.45, 7) is 0.328. The zero-order valence-electron chi connectivity index (χ0n) is 7.92. The van der Waals surface area contributed by atoms with Gasteiger partial charge in [0, 0.05) is 11.4 Å². The smallest absolute Gasteiger partial charge is 0.167 e. The van der Waals surface area contributed by atoms with Gasteiger partial charge in [-0.2, -0.15) is 0 Å². The van der Waals surface area contributed by atoms with Crippen molar-refractivity contribution < 1.29 is 9.53 Å². The highest BCUT2D eigenvalue weighted by molar-refractivity contribution is 6.31. The van der Waals surface area contributed by atoms with Crippen LogP contribution in [-0.4, -0.2) is 19.4 Å². The van der Waals surface area contributed by atoms with Crippen molar-refractivity contribution in [2.75, 3.05) is 13.7 Å². The number of ketones is 1. The predicted octanol–water partition coefficient (Wildman–Crippen LogP) is 1.88. The van der Waals surface area contributed by atoms with Gasteiger partial charge in [-0.3, -0.25) is 4.79 Å². The minimum Gasteiger partial charge on any atom is -0.496 e. The van der Waals surface area contributed by atoms with Crippen molar-refractivity contribution in [2.24, 2.45) is 5.73 Å². The van der Waals surface area contributed by atoms with Crippen LogP contribution >= 0.6 is 11.6 Å². The summed E-state index contributed by atoms with van der Waals surface area (Å²) in [6.07, 6.45) is 0.302. The van der Waals surface area contributed by atoms with Gasteiger partial charge in [0.2, 0.25) is 0 Å². The van der Waals surface area contributed by atoms with E-state index in [4.69, 9.17) is 22.1 Å². The molecular weight excluding hydrogens is 202 g/mol. The van der Waals surface area contributed by atoms with Crippen molar-refractivity contribution in [3.63, 3.8) is 0 Å². The molecule has 14 heavy (non-hydrogen) atoms. The fourth-order valence-electron chi connectivity index (χ4n) is 1.16. The molecule has 4 heteroatoms. The second-order valence-electron chi connectivity index (χ2n) is 2.81. The molecule has 1 aromatic rings. The first-order valence-corrected chi connectivity index (χ1v) is 4.63. The topological polar surface area (TPSA) is 52.3 Å². The van der Waals surface area contributed by atoms with Gasteiger partial charge in [-0.1, -0.05) is 11.6 Å². The lowest BCUT2D eigenvalue weighted by Crippen LogP contribution is -2.09. The van der Waals surface area contributed by atoms with Crippen LogP contribution in [0.15, 0.2) is 18.2 Å². The molecule has 0 fully saturated rings. The monoisotopic (exact) mass is 213 g/mol. The molecule has 0 spiro atoms. The number of methoxy groups -OCH3 is 1. The van der Waals surface area contributed by atoms with E-state index >= 15 is 0 Å². The standard InChI is InChI=1S/C10H12ClNO2/c1-14-10-3-2-7(11)6-8(10)9(13)4-5-12/h2-3,6H,4-5,12H2,1H3. The number of benzene rings is 1. The summed E-state index contributed by atoms with van der Waals surface area (Å²) in [5.41, 5.74) is 5.79. The zero-order valence-corrected chi connectivity index (χ0v) is 8.67. The first-order chi connectivity index (χ1) is 6.69. The molecule has 0 bridgehead atoms. The summed E-state index contributed by atoms with van der Waals surface area (Å²) >= 11 is 5.78. The molecule has 76 valence electrons. The molecule has 2 N–H and O–H groups in total. The maximum Gasteiger partial charge on any atom is 0.167 e. The number of halogens is 1. The van der Waals surface area contributed by atoms with Crippen molar-refractivity contribution in [3.05, 3.63) is 28.8 Å². The molecule has 0 saturated heterocycles. The fraction of sp³-hybridized carbons (Fsp3) is 0.300. The number of hydrogen-bond acceptors (Lipinski definition) is 3. The maximum atomic E-state index is 11.6. The molecule has 0 saturated carbocycles. The van der Waals surface area contributed by atoms with Crippen LogP contribution < -0.4 is 10.5 Å². The molecule has 0 heterocycles. The van der Waals surface area contributed by atoms with Gasteiger partial charge >= 0.3 is 0 Å². The van der Waals surface area contributed by atoms with Crippen LogP contribution in [0.2, 0.25) is 5.02 Å². The van der Waals surface area contributed by atoms with Gasteiger partial charge in [-0.05, 0) is 24.7 Å². The van der Waals surface area contributed by atoms with Crippen LogP contribution in [0, 0.1) is 0 Å². The second kappa shape index (κ2) is 4.98. The third-order valence-corrected chi connectivity index (χ3v) is 2.07. The summed E-state index contributed by atoms with van der Waals surface area (Å²) in [5.74, 6) is 0.486. The number of ether oxygens (including phenoxy) is 1. The Hall–Kier alpha value is -1.06. The van der Waals surface area contributed by atoms with E-state index in [0.717, 1.165) is 0 Å². The van der Waals surface area contributed by atoms with Crippen molar-refractivity contribution >= 4 is 17.4 Å². The molecule has 0 atom stereocenters. The van der Waals surface area contributed by atoms with Gasteiger partial charge in [0.05, 0.1) is 12.7 Å². The molecule has 0 aromatic heterocycles. The Kier molecular flexibility index (Phi) is 3.92. The van der Waals surface area contributed by atoms with E-state index < -0.39 is 0 Å². The van der Waals surface area contributed by atoms with Crippen LogP contribution in [0.4, 0.5) is 0 Å². The summed E-state index contributed by atoms with van der Waals surface area (Å²) < 4.78 is 5.05. The van der Waals surface area contributed by atoms with Gasteiger partial charge < -0.3 is 10.5 Å². The fourth-order valence-corrected chi connectivity index (χ4v) is 1.34. The Morgan fingerprint density at radius 1 is 1.57 bits per heavy atom. The number of nitrogens with two attached hydrogens (primary N) is 1. The first-order valence-electron chi connectivity index (χ1n) is 4.26. The van der Waals surface area contributed by atoms with Gasteiger partial charge in [0.15, 0.2) is 5.78 Å². The van der Waals surface area contributed by atoms with Crippen LogP contribution in [0.25, 0.3) is 0 Å². The van der Waals surface area contributed by atoms with Crippen LogP contribution in [-0.2, 0) is 0 Å². The lowest BCUT2D eigenvalue weighted by Gasteiger charge is -2.06. The van der Waals surface area contributed by atoms with E-state index in [9.17, 15) is 4.79 Å². The first kappa shape index (κ1) is 11.0. The van der Waals surface area contributed by atoms with Gasteiger partial charge in [-0.25, -0.2) is 0 Å². The van der Waals surface area contributed by atoms with Crippen LogP contribution in [0.5, 0.6) is 5.75 Å². The summed E-state index contributed by atoms with van der Waals surface area (Å²) in [7, 11) is 1.52. The Balaban J connectivity index is 3.03. The number of rotatable bonds is 4. The molecular formula is C10H12ClNO2. The highest BCUT2D eigenvalue weighted by Crippen LogP contribution is 2.23. The minimum absolute atomic E-state index is 0.0492. The molecule has 0 aliphatic heterocycles. The molecule has 0 unspecified atom stereocenters. The Morgan fingerprint density at radius 3 is 2.86 bits per heavy atom. The SMILES string of the molecule is COc1ccc(Cl)cc1C(=O)CCN. The van der Waals surface area contributed by atoms with Crippen molar-refractivity contribution in [3.8, 4) is 5.75 Å². The lowest BCUT2D eigenvalue weighted by atomic mass is 10.1. The summed E-state index contributed by atoms with van der Waals surface area (Å²) in [6, 6.07) is 4.95. The summed E-state index contributed by atoms with van der Waals surface area (Å²) in [4.78, 5) is 11.6. The van der Waals surface area contributed by atoms with Gasteiger partial charge in [0.1, 0.15) is 5.75 Å². The largest absolute Gasteiger partial charge is 0.496 e. The van der Waals surface area contributed by atoms with Crippen molar-refractivity contribution in [1.82, 2.24) is 0 Å². The van der Waals surface area contributed by atoms with Gasteiger partial charge in [-0.15, -0.1) is 0 Å². The highest BCUT2D eigenvalue weighted by atomic mass is 35.5. The van der Waals surface area contributed by atoms with Crippen LogP contribution in [0.1, 0.15) is 16.8 Å². The summed E-state index contributed by atoms with van der Waals surface area (Å²) in [5, 5.41) is 0.520. The second-order valence-corrected chi connectivity index (χ2v) is 3.24. The average Bonchev–Trinajstić information content (AvgIpc) is 2.18. The zero-order chi connectivity index (χ0) is 10.6. The Labute approximate surface area is 87.8 Å². The van der Waals surface area contributed by atoms with Crippen molar-refractivity contribution in [1.29, 1.82) is 0 Å². The van der Waals surface area contributed by atoms with E-state index in [2.05, 4.69) is 0 Å². The van der Waals surface area contributed by atoms with E-state index in [0.29, 0.717) is 29.3 Å². The van der Waals surface area contributed by atoms with Gasteiger partial charge in [0.25, 0.3) is 0 Å². The molecule has 0 aliphatic rings. The molecule has 1 rings (SSSR count). The third-order valence-electron chi connectivity index (χ3n) is 1.83.